The molecule has 0 saturated carbocycles. The molecule has 0 aliphatic carbocycles. The first-order valence-electron chi connectivity index (χ1n) is 5.23. The number of nitrogens with zero attached hydrogens (tertiary/aromatic N) is 3. The molecule has 0 radical (unpaired) electrons. The maximum absolute atomic E-state index is 11.5. The largest absolute Gasteiger partial charge is 0.481 e. The zero-order chi connectivity index (χ0) is 13.0. The smallest absolute Gasteiger partial charge is 0.357 e. The summed E-state index contributed by atoms with van der Waals surface area (Å²) in [6, 6.07) is 1.66. The number of esters is 1. The van der Waals surface area contributed by atoms with Crippen molar-refractivity contribution in [3.63, 3.8) is 0 Å². The lowest BCUT2D eigenvalue weighted by Crippen LogP contribution is -2.04. The number of rotatable bonds is 4. The van der Waals surface area contributed by atoms with Gasteiger partial charge in [-0.3, -0.25) is 0 Å². The summed E-state index contributed by atoms with van der Waals surface area (Å²) in [6.45, 7) is 2.08. The average Bonchev–Trinajstić information content (AvgIpc) is 2.89. The van der Waals surface area contributed by atoms with Gasteiger partial charge in [0.1, 0.15) is 17.0 Å². The van der Waals surface area contributed by atoms with E-state index in [4.69, 9.17) is 9.47 Å². The van der Waals surface area contributed by atoms with Crippen LogP contribution in [0.15, 0.2) is 17.8 Å². The molecule has 0 aliphatic rings. The first-order chi connectivity index (χ1) is 8.74. The highest BCUT2D eigenvalue weighted by Crippen LogP contribution is 2.23. The van der Waals surface area contributed by atoms with Crippen molar-refractivity contribution < 1.29 is 14.3 Å². The van der Waals surface area contributed by atoms with Crippen molar-refractivity contribution in [2.75, 3.05) is 13.7 Å². The van der Waals surface area contributed by atoms with E-state index in [9.17, 15) is 4.79 Å². The maximum atomic E-state index is 11.5. The lowest BCUT2D eigenvalue weighted by molar-refractivity contribution is 0.0520. The summed E-state index contributed by atoms with van der Waals surface area (Å²) < 4.78 is 9.87. The number of ether oxygens (including phenoxy) is 2. The van der Waals surface area contributed by atoms with Crippen molar-refractivity contribution >= 4 is 17.3 Å². The number of hydrogen-bond acceptors (Lipinski definition) is 7. The predicted octanol–water partition coefficient (Wildman–Crippen LogP) is 1.79. The molecule has 0 aliphatic heterocycles. The van der Waals surface area contributed by atoms with Gasteiger partial charge >= 0.3 is 5.97 Å². The van der Waals surface area contributed by atoms with E-state index in [1.54, 1.807) is 18.4 Å². The third-order valence-electron chi connectivity index (χ3n) is 2.06. The number of methoxy groups -OCH3 is 1. The Hall–Kier alpha value is -2.02. The SMILES string of the molecule is CCOC(=O)c1csc(-c2cc(OC)ncn2)n1. The van der Waals surface area contributed by atoms with Crippen molar-refractivity contribution in [2.24, 2.45) is 0 Å². The summed E-state index contributed by atoms with van der Waals surface area (Å²) in [4.78, 5) is 23.6. The van der Waals surface area contributed by atoms with Crippen LogP contribution in [0.2, 0.25) is 0 Å². The zero-order valence-corrected chi connectivity index (χ0v) is 10.7. The molecule has 0 amide bonds. The van der Waals surface area contributed by atoms with E-state index in [-0.39, 0.29) is 5.69 Å². The molecule has 6 nitrogen and oxygen atoms in total. The average molecular weight is 265 g/mol. The van der Waals surface area contributed by atoms with Gasteiger partial charge in [-0.05, 0) is 6.92 Å². The quantitative estimate of drug-likeness (QED) is 0.784. The van der Waals surface area contributed by atoms with Crippen molar-refractivity contribution in [1.29, 1.82) is 0 Å². The molecule has 0 bridgehead atoms. The third kappa shape index (κ3) is 2.62. The van der Waals surface area contributed by atoms with E-state index in [1.807, 2.05) is 0 Å². The van der Waals surface area contributed by atoms with E-state index >= 15 is 0 Å². The van der Waals surface area contributed by atoms with Crippen LogP contribution in [0.5, 0.6) is 5.88 Å². The van der Waals surface area contributed by atoms with Crippen molar-refractivity contribution in [3.05, 3.63) is 23.5 Å². The fourth-order valence-corrected chi connectivity index (χ4v) is 2.01. The second-order valence-corrected chi connectivity index (χ2v) is 4.06. The van der Waals surface area contributed by atoms with Crippen LogP contribution in [0.25, 0.3) is 10.7 Å². The molecule has 18 heavy (non-hydrogen) atoms. The molecule has 2 aromatic heterocycles. The summed E-state index contributed by atoms with van der Waals surface area (Å²) in [5, 5.41) is 2.26. The van der Waals surface area contributed by atoms with Gasteiger partial charge in [-0.2, -0.15) is 0 Å². The lowest BCUT2D eigenvalue weighted by atomic mass is 10.4. The van der Waals surface area contributed by atoms with Crippen LogP contribution in [0.3, 0.4) is 0 Å². The van der Waals surface area contributed by atoms with Crippen LogP contribution in [-0.2, 0) is 4.74 Å². The van der Waals surface area contributed by atoms with Gasteiger partial charge in [-0.25, -0.2) is 19.7 Å². The Balaban J connectivity index is 2.26. The van der Waals surface area contributed by atoms with Gasteiger partial charge in [0, 0.05) is 11.4 Å². The summed E-state index contributed by atoms with van der Waals surface area (Å²) in [6.07, 6.45) is 1.39. The predicted molar refractivity (Wildman–Crippen MR) is 65.6 cm³/mol. The number of carbonyl (C=O) groups is 1. The van der Waals surface area contributed by atoms with E-state index in [0.29, 0.717) is 23.2 Å². The monoisotopic (exact) mass is 265 g/mol. The number of thiazole rings is 1. The first kappa shape index (κ1) is 12.4. The second-order valence-electron chi connectivity index (χ2n) is 3.20. The molecular formula is C11H11N3O3S. The molecule has 0 aromatic carbocycles. The Morgan fingerprint density at radius 2 is 2.28 bits per heavy atom. The Bertz CT molecular complexity index is 556. The Morgan fingerprint density at radius 1 is 1.44 bits per heavy atom. The van der Waals surface area contributed by atoms with Gasteiger partial charge < -0.3 is 9.47 Å². The van der Waals surface area contributed by atoms with Crippen LogP contribution >= 0.6 is 11.3 Å². The molecule has 0 N–H and O–H groups in total. The zero-order valence-electron chi connectivity index (χ0n) is 9.91. The van der Waals surface area contributed by atoms with Crippen LogP contribution < -0.4 is 4.74 Å². The minimum absolute atomic E-state index is 0.287. The molecule has 0 atom stereocenters. The highest BCUT2D eigenvalue weighted by Gasteiger charge is 2.13. The summed E-state index contributed by atoms with van der Waals surface area (Å²) in [5.41, 5.74) is 0.900. The molecule has 7 heteroatoms. The Kier molecular flexibility index (Phi) is 3.83. The van der Waals surface area contributed by atoms with E-state index in [1.165, 1.54) is 24.8 Å². The van der Waals surface area contributed by atoms with Gasteiger partial charge in [0.2, 0.25) is 5.88 Å². The molecule has 0 spiro atoms. The lowest BCUT2D eigenvalue weighted by Gasteiger charge is -1.99. The van der Waals surface area contributed by atoms with E-state index < -0.39 is 5.97 Å². The first-order valence-corrected chi connectivity index (χ1v) is 6.11. The van der Waals surface area contributed by atoms with Crippen LogP contribution in [0, 0.1) is 0 Å². The molecule has 2 aromatic rings. The summed E-state index contributed by atoms with van der Waals surface area (Å²) in [5.74, 6) is 0.0221. The van der Waals surface area contributed by atoms with Gasteiger partial charge in [0.25, 0.3) is 0 Å². The van der Waals surface area contributed by atoms with Crippen LogP contribution in [0.1, 0.15) is 17.4 Å². The fraction of sp³-hybridized carbons (Fsp3) is 0.273. The van der Waals surface area contributed by atoms with Gasteiger partial charge in [-0.15, -0.1) is 11.3 Å². The maximum Gasteiger partial charge on any atom is 0.357 e. The summed E-state index contributed by atoms with van der Waals surface area (Å²) >= 11 is 1.32. The number of aromatic nitrogens is 3. The summed E-state index contributed by atoms with van der Waals surface area (Å²) in [7, 11) is 1.53. The standard InChI is InChI=1S/C11H11N3O3S/c1-3-17-11(15)8-5-18-10(14-8)7-4-9(16-2)13-6-12-7/h4-6H,3H2,1-2H3. The van der Waals surface area contributed by atoms with Crippen LogP contribution in [0.4, 0.5) is 0 Å². The van der Waals surface area contributed by atoms with Gasteiger partial charge in [-0.1, -0.05) is 0 Å². The molecule has 94 valence electrons. The molecule has 2 rings (SSSR count). The van der Waals surface area contributed by atoms with Gasteiger partial charge in [0.15, 0.2) is 5.69 Å². The molecule has 0 fully saturated rings. The number of carbonyl (C=O) groups excluding carboxylic acids is 1. The molecular weight excluding hydrogens is 254 g/mol. The van der Waals surface area contributed by atoms with E-state index in [0.717, 1.165) is 0 Å². The minimum Gasteiger partial charge on any atom is -0.481 e. The highest BCUT2D eigenvalue weighted by atomic mass is 32.1. The fourth-order valence-electron chi connectivity index (χ4n) is 1.26. The van der Waals surface area contributed by atoms with Crippen molar-refractivity contribution in [1.82, 2.24) is 15.0 Å². The topological polar surface area (TPSA) is 74.2 Å². The normalized spacial score (nSPS) is 10.1. The van der Waals surface area contributed by atoms with Crippen LogP contribution in [-0.4, -0.2) is 34.6 Å². The Labute approximate surface area is 108 Å². The highest BCUT2D eigenvalue weighted by molar-refractivity contribution is 7.13. The molecule has 0 unspecified atom stereocenters. The van der Waals surface area contributed by atoms with E-state index in [2.05, 4.69) is 15.0 Å². The second kappa shape index (κ2) is 5.54. The Morgan fingerprint density at radius 3 is 3.00 bits per heavy atom. The molecule has 2 heterocycles. The van der Waals surface area contributed by atoms with Crippen molar-refractivity contribution in [3.8, 4) is 16.6 Å². The molecule has 0 saturated heterocycles. The van der Waals surface area contributed by atoms with Crippen molar-refractivity contribution in [2.45, 2.75) is 6.92 Å². The van der Waals surface area contributed by atoms with Gasteiger partial charge in [0.05, 0.1) is 13.7 Å². The number of hydrogen-bond donors (Lipinski definition) is 0. The third-order valence-corrected chi connectivity index (χ3v) is 2.92. The minimum atomic E-state index is -0.430.